The molecule has 1 aliphatic rings. The number of rotatable bonds is 4. The largest absolute Gasteiger partial charge is 0.481 e. The maximum Gasteiger partial charge on any atom is 0.263 e. The van der Waals surface area contributed by atoms with Gasteiger partial charge in [0.2, 0.25) is 0 Å². The second-order valence-electron chi connectivity index (χ2n) is 5.06. The lowest BCUT2D eigenvalue weighted by Gasteiger charge is -2.29. The summed E-state index contributed by atoms with van der Waals surface area (Å²) in [5.41, 5.74) is 0.203. The highest BCUT2D eigenvalue weighted by Gasteiger charge is 2.24. The maximum absolute atomic E-state index is 13.8. The van der Waals surface area contributed by atoms with Gasteiger partial charge in [-0.15, -0.1) is 0 Å². The third-order valence-electron chi connectivity index (χ3n) is 3.41. The number of morpholine rings is 1. The van der Waals surface area contributed by atoms with Crippen molar-refractivity contribution in [3.8, 4) is 5.75 Å². The van der Waals surface area contributed by atoms with Crippen molar-refractivity contribution in [3.05, 3.63) is 29.6 Å². The van der Waals surface area contributed by atoms with Gasteiger partial charge in [0.1, 0.15) is 11.6 Å². The number of aliphatic hydroxyl groups excluding tert-OH is 1. The van der Waals surface area contributed by atoms with Gasteiger partial charge in [-0.2, -0.15) is 0 Å². The molecule has 1 heterocycles. The van der Waals surface area contributed by atoms with Crippen LogP contribution in [0.4, 0.5) is 4.39 Å². The minimum Gasteiger partial charge on any atom is -0.481 e. The number of amides is 1. The number of hydrogen-bond acceptors (Lipinski definition) is 4. The van der Waals surface area contributed by atoms with E-state index in [2.05, 4.69) is 0 Å². The Hall–Kier alpha value is -1.66. The molecule has 21 heavy (non-hydrogen) atoms. The zero-order valence-electron chi connectivity index (χ0n) is 12.2. The molecule has 6 heteroatoms. The molecule has 1 fully saturated rings. The Kier molecular flexibility index (Phi) is 5.14. The van der Waals surface area contributed by atoms with Crippen LogP contribution in [0.25, 0.3) is 0 Å². The van der Waals surface area contributed by atoms with Gasteiger partial charge in [0.25, 0.3) is 5.91 Å². The molecule has 2 rings (SSSR count). The van der Waals surface area contributed by atoms with E-state index in [1.54, 1.807) is 17.9 Å². The first kappa shape index (κ1) is 15.7. The maximum atomic E-state index is 13.8. The van der Waals surface area contributed by atoms with E-state index in [-0.39, 0.29) is 17.2 Å². The highest BCUT2D eigenvalue weighted by molar-refractivity contribution is 5.81. The van der Waals surface area contributed by atoms with Crippen molar-refractivity contribution in [3.63, 3.8) is 0 Å². The molecular weight excluding hydrogens is 277 g/mol. The third-order valence-corrected chi connectivity index (χ3v) is 3.41. The highest BCUT2D eigenvalue weighted by atomic mass is 19.1. The van der Waals surface area contributed by atoms with Gasteiger partial charge in [0.15, 0.2) is 6.10 Å². The highest BCUT2D eigenvalue weighted by Crippen LogP contribution is 2.22. The van der Waals surface area contributed by atoms with Crippen molar-refractivity contribution in [2.75, 3.05) is 26.3 Å². The fourth-order valence-electron chi connectivity index (χ4n) is 2.22. The molecule has 0 saturated carbocycles. The summed E-state index contributed by atoms with van der Waals surface area (Å²) in [4.78, 5) is 13.8. The molecule has 1 amide bonds. The van der Waals surface area contributed by atoms with Crippen molar-refractivity contribution in [1.82, 2.24) is 4.90 Å². The van der Waals surface area contributed by atoms with Gasteiger partial charge in [-0.05, 0) is 26.0 Å². The van der Waals surface area contributed by atoms with E-state index >= 15 is 0 Å². The Bertz CT molecular complexity index is 500. The Morgan fingerprint density at radius 2 is 2.05 bits per heavy atom. The lowest BCUT2D eigenvalue weighted by molar-refractivity contribution is -0.142. The summed E-state index contributed by atoms with van der Waals surface area (Å²) in [5.74, 6) is -0.419. The molecule has 0 spiro atoms. The predicted octanol–water partition coefficient (Wildman–Crippen LogP) is 1.51. The molecule has 2 atom stereocenters. The van der Waals surface area contributed by atoms with Crippen molar-refractivity contribution in [1.29, 1.82) is 0 Å². The second-order valence-corrected chi connectivity index (χ2v) is 5.06. The molecular formula is C15H20FNO4. The summed E-state index contributed by atoms with van der Waals surface area (Å²) in [7, 11) is 0. The fourth-order valence-corrected chi connectivity index (χ4v) is 2.22. The normalized spacial score (nSPS) is 18.2. The summed E-state index contributed by atoms with van der Waals surface area (Å²) >= 11 is 0. The molecule has 0 aliphatic carbocycles. The lowest BCUT2D eigenvalue weighted by atomic mass is 10.1. The average molecular weight is 297 g/mol. The Balaban J connectivity index is 2.00. The summed E-state index contributed by atoms with van der Waals surface area (Å²) in [6.07, 6.45) is -1.58. The zero-order chi connectivity index (χ0) is 15.4. The summed E-state index contributed by atoms with van der Waals surface area (Å²) in [6, 6.07) is 4.20. The first-order valence-electron chi connectivity index (χ1n) is 6.99. The van der Waals surface area contributed by atoms with Crippen LogP contribution in [0, 0.1) is 5.82 Å². The van der Waals surface area contributed by atoms with Crippen molar-refractivity contribution in [2.24, 2.45) is 0 Å². The molecule has 0 bridgehead atoms. The first-order chi connectivity index (χ1) is 9.99. The predicted molar refractivity (Wildman–Crippen MR) is 74.5 cm³/mol. The summed E-state index contributed by atoms with van der Waals surface area (Å²) < 4.78 is 24.4. The second kappa shape index (κ2) is 6.87. The average Bonchev–Trinajstić information content (AvgIpc) is 2.47. The van der Waals surface area contributed by atoms with Gasteiger partial charge in [-0.3, -0.25) is 4.79 Å². The van der Waals surface area contributed by atoms with E-state index in [9.17, 15) is 14.3 Å². The topological polar surface area (TPSA) is 59.0 Å². The van der Waals surface area contributed by atoms with Crippen molar-refractivity contribution in [2.45, 2.75) is 26.1 Å². The van der Waals surface area contributed by atoms with Crippen molar-refractivity contribution < 1.29 is 23.8 Å². The van der Waals surface area contributed by atoms with Crippen LogP contribution in [0.15, 0.2) is 18.2 Å². The molecule has 0 aromatic heterocycles. The van der Waals surface area contributed by atoms with Gasteiger partial charge in [-0.1, -0.05) is 0 Å². The minimum absolute atomic E-state index is 0.140. The molecule has 1 aliphatic heterocycles. The number of benzene rings is 1. The molecule has 5 nitrogen and oxygen atoms in total. The molecule has 116 valence electrons. The first-order valence-corrected chi connectivity index (χ1v) is 6.99. The molecule has 1 saturated heterocycles. The Labute approximate surface area is 123 Å². The van der Waals surface area contributed by atoms with E-state index in [4.69, 9.17) is 9.47 Å². The number of hydrogen-bond donors (Lipinski definition) is 1. The van der Waals surface area contributed by atoms with Gasteiger partial charge in [0.05, 0.1) is 19.3 Å². The molecule has 1 unspecified atom stereocenters. The number of halogens is 1. The van der Waals surface area contributed by atoms with E-state index in [0.29, 0.717) is 26.3 Å². The number of ether oxygens (including phenoxy) is 2. The van der Waals surface area contributed by atoms with Crippen LogP contribution in [-0.2, 0) is 9.53 Å². The molecule has 1 aromatic rings. The number of carbonyl (C=O) groups is 1. The van der Waals surface area contributed by atoms with Crippen LogP contribution in [0.1, 0.15) is 25.5 Å². The monoisotopic (exact) mass is 297 g/mol. The standard InChI is InChI=1S/C15H20FNO4/c1-10(18)13-4-3-12(9-14(13)16)21-11(2)15(19)17-5-7-20-8-6-17/h3-4,9-11,18H,5-8H2,1-2H3/t10-,11?/m0/s1. The van der Waals surface area contributed by atoms with Crippen LogP contribution in [0.2, 0.25) is 0 Å². The minimum atomic E-state index is -0.883. The van der Waals surface area contributed by atoms with Crippen LogP contribution < -0.4 is 4.74 Å². The van der Waals surface area contributed by atoms with Gasteiger partial charge in [0, 0.05) is 24.7 Å². The van der Waals surface area contributed by atoms with E-state index in [1.807, 2.05) is 0 Å². The third kappa shape index (κ3) is 3.92. The number of nitrogens with zero attached hydrogens (tertiary/aromatic N) is 1. The number of carbonyl (C=O) groups excluding carboxylic acids is 1. The van der Waals surface area contributed by atoms with E-state index in [0.717, 1.165) is 0 Å². The Morgan fingerprint density at radius 3 is 2.62 bits per heavy atom. The quantitative estimate of drug-likeness (QED) is 0.915. The smallest absolute Gasteiger partial charge is 0.263 e. The zero-order valence-corrected chi connectivity index (χ0v) is 12.2. The van der Waals surface area contributed by atoms with Gasteiger partial charge in [-0.25, -0.2) is 4.39 Å². The SMILES string of the molecule is CC(Oc1ccc([C@H](C)O)c(F)c1)C(=O)N1CCOCC1. The van der Waals surface area contributed by atoms with Gasteiger partial charge < -0.3 is 19.5 Å². The summed E-state index contributed by atoms with van der Waals surface area (Å²) in [6.45, 7) is 5.26. The van der Waals surface area contributed by atoms with E-state index < -0.39 is 18.0 Å². The summed E-state index contributed by atoms with van der Waals surface area (Å²) in [5, 5.41) is 9.38. The van der Waals surface area contributed by atoms with Gasteiger partial charge >= 0.3 is 0 Å². The molecule has 1 N–H and O–H groups in total. The lowest BCUT2D eigenvalue weighted by Crippen LogP contribution is -2.46. The molecule has 0 radical (unpaired) electrons. The van der Waals surface area contributed by atoms with Crippen molar-refractivity contribution >= 4 is 5.91 Å². The molecule has 1 aromatic carbocycles. The van der Waals surface area contributed by atoms with Crippen LogP contribution in [0.3, 0.4) is 0 Å². The van der Waals surface area contributed by atoms with Crippen LogP contribution in [-0.4, -0.2) is 48.3 Å². The number of aliphatic hydroxyl groups is 1. The Morgan fingerprint density at radius 1 is 1.38 bits per heavy atom. The fraction of sp³-hybridized carbons (Fsp3) is 0.533. The van der Waals surface area contributed by atoms with Crippen LogP contribution >= 0.6 is 0 Å². The van der Waals surface area contributed by atoms with Crippen LogP contribution in [0.5, 0.6) is 5.75 Å². The van der Waals surface area contributed by atoms with E-state index in [1.165, 1.54) is 19.1 Å².